The van der Waals surface area contributed by atoms with Crippen molar-refractivity contribution >= 4 is 46.1 Å². The van der Waals surface area contributed by atoms with Gasteiger partial charge in [0.05, 0.1) is 5.56 Å². The maximum atomic E-state index is 10.9. The summed E-state index contributed by atoms with van der Waals surface area (Å²) in [4.78, 5) is 20.6. The molecule has 94 valence electrons. The van der Waals surface area contributed by atoms with Gasteiger partial charge in [0, 0.05) is 14.1 Å². The van der Waals surface area contributed by atoms with Crippen molar-refractivity contribution in [1.82, 2.24) is 20.2 Å². The number of hydrogen-bond donors (Lipinski definition) is 0. The highest BCUT2D eigenvalue weighted by molar-refractivity contribution is 8.01. The van der Waals surface area contributed by atoms with E-state index in [0.29, 0.717) is 15.7 Å². The Bertz CT molecular complexity index is 574. The lowest BCUT2D eigenvalue weighted by Gasteiger charge is -2.04. The van der Waals surface area contributed by atoms with Crippen LogP contribution in [0, 0.1) is 0 Å². The number of hydrogen-bond acceptors (Lipinski definition) is 8. The van der Waals surface area contributed by atoms with Crippen LogP contribution in [0.25, 0.3) is 0 Å². The van der Waals surface area contributed by atoms with Gasteiger partial charge in [-0.1, -0.05) is 22.9 Å². The van der Waals surface area contributed by atoms with Crippen molar-refractivity contribution < 1.29 is 4.79 Å². The second-order valence-corrected chi connectivity index (χ2v) is 5.90. The molecule has 0 N–H and O–H groups in total. The van der Waals surface area contributed by atoms with Gasteiger partial charge >= 0.3 is 0 Å². The first-order valence-corrected chi connectivity index (χ1v) is 6.77. The van der Waals surface area contributed by atoms with Crippen LogP contribution in [0.15, 0.2) is 15.7 Å². The number of aldehydes is 1. The second-order valence-electron chi connectivity index (χ2n) is 3.35. The summed E-state index contributed by atoms with van der Waals surface area (Å²) >= 11 is 8.47. The van der Waals surface area contributed by atoms with Gasteiger partial charge in [0.15, 0.2) is 10.6 Å². The molecule has 2 aromatic rings. The van der Waals surface area contributed by atoms with E-state index < -0.39 is 0 Å². The number of anilines is 1. The van der Waals surface area contributed by atoms with Crippen molar-refractivity contribution in [3.05, 3.63) is 17.0 Å². The summed E-state index contributed by atoms with van der Waals surface area (Å²) in [6.45, 7) is 0. The highest BCUT2D eigenvalue weighted by Crippen LogP contribution is 2.33. The fourth-order valence-electron chi connectivity index (χ4n) is 1.05. The van der Waals surface area contributed by atoms with Crippen LogP contribution in [0.1, 0.15) is 10.4 Å². The summed E-state index contributed by atoms with van der Waals surface area (Å²) < 4.78 is 0.691. The summed E-state index contributed by atoms with van der Waals surface area (Å²) in [5.74, 6) is 0. The summed E-state index contributed by atoms with van der Waals surface area (Å²) in [6, 6.07) is 0. The maximum Gasteiger partial charge on any atom is 0.208 e. The van der Waals surface area contributed by atoms with Gasteiger partial charge in [0.25, 0.3) is 0 Å². The van der Waals surface area contributed by atoms with Crippen molar-refractivity contribution in [2.75, 3.05) is 19.0 Å². The predicted octanol–water partition coefficient (Wildman–Crippen LogP) is 2.01. The number of halogens is 1. The van der Waals surface area contributed by atoms with E-state index in [9.17, 15) is 4.79 Å². The zero-order chi connectivity index (χ0) is 13.1. The second kappa shape index (κ2) is 5.59. The third-order valence-corrected chi connectivity index (χ3v) is 4.34. The van der Waals surface area contributed by atoms with Gasteiger partial charge in [0.2, 0.25) is 5.13 Å². The lowest BCUT2D eigenvalue weighted by Crippen LogP contribution is -2.07. The molecular weight excluding hydrogens is 294 g/mol. The number of carbonyl (C=O) groups is 1. The van der Waals surface area contributed by atoms with Gasteiger partial charge in [-0.05, 0) is 11.8 Å². The quantitative estimate of drug-likeness (QED) is 0.632. The highest BCUT2D eigenvalue weighted by atomic mass is 35.5. The van der Waals surface area contributed by atoms with E-state index in [1.165, 1.54) is 29.4 Å². The Morgan fingerprint density at radius 1 is 1.39 bits per heavy atom. The molecule has 0 saturated heterocycles. The third-order valence-electron chi connectivity index (χ3n) is 1.88. The zero-order valence-corrected chi connectivity index (χ0v) is 11.9. The van der Waals surface area contributed by atoms with E-state index in [1.54, 1.807) is 0 Å². The minimum Gasteiger partial charge on any atom is -0.353 e. The molecule has 0 atom stereocenters. The molecule has 0 saturated carbocycles. The molecule has 0 amide bonds. The van der Waals surface area contributed by atoms with Crippen molar-refractivity contribution in [2.24, 2.45) is 0 Å². The summed E-state index contributed by atoms with van der Waals surface area (Å²) in [5, 5.41) is 9.41. The van der Waals surface area contributed by atoms with Crippen molar-refractivity contribution in [3.8, 4) is 0 Å². The fourth-order valence-corrected chi connectivity index (χ4v) is 3.01. The van der Waals surface area contributed by atoms with Crippen LogP contribution in [0.5, 0.6) is 0 Å². The zero-order valence-electron chi connectivity index (χ0n) is 9.49. The highest BCUT2D eigenvalue weighted by Gasteiger charge is 2.14. The topological polar surface area (TPSA) is 71.9 Å². The molecule has 9 heteroatoms. The maximum absolute atomic E-state index is 10.9. The Kier molecular flexibility index (Phi) is 4.10. The van der Waals surface area contributed by atoms with Gasteiger partial charge < -0.3 is 4.90 Å². The van der Waals surface area contributed by atoms with Gasteiger partial charge in [-0.25, -0.2) is 9.97 Å². The third kappa shape index (κ3) is 2.77. The molecule has 0 aliphatic rings. The van der Waals surface area contributed by atoms with Crippen LogP contribution in [-0.2, 0) is 0 Å². The average molecular weight is 302 g/mol. The summed E-state index contributed by atoms with van der Waals surface area (Å²) in [5.41, 5.74) is 0.269. The Morgan fingerprint density at radius 2 is 2.17 bits per heavy atom. The molecule has 0 fully saturated rings. The number of carbonyl (C=O) groups excluding carboxylic acids is 1. The van der Waals surface area contributed by atoms with Crippen molar-refractivity contribution in [2.45, 2.75) is 9.37 Å². The molecule has 2 heterocycles. The molecule has 2 rings (SSSR count). The van der Waals surface area contributed by atoms with Crippen molar-refractivity contribution in [1.29, 1.82) is 0 Å². The van der Waals surface area contributed by atoms with E-state index >= 15 is 0 Å². The molecule has 0 bridgehead atoms. The van der Waals surface area contributed by atoms with Crippen LogP contribution in [-0.4, -0.2) is 40.5 Å². The van der Waals surface area contributed by atoms with E-state index in [0.717, 1.165) is 5.13 Å². The molecule has 0 aliphatic carbocycles. The first-order chi connectivity index (χ1) is 8.61. The molecule has 0 radical (unpaired) electrons. The molecular formula is C9H8ClN5OS2. The Balaban J connectivity index is 2.28. The first kappa shape index (κ1) is 13.2. The normalized spacial score (nSPS) is 10.4. The lowest BCUT2D eigenvalue weighted by molar-refractivity contribution is 0.112. The van der Waals surface area contributed by atoms with Crippen LogP contribution in [0.2, 0.25) is 5.15 Å². The Labute approximate surface area is 116 Å². The number of nitrogens with zero attached hydrogens (tertiary/aromatic N) is 5. The largest absolute Gasteiger partial charge is 0.353 e. The SMILES string of the molecule is CN(C)c1nnc(Sc2ncnc(Cl)c2C=O)s1. The van der Waals surface area contributed by atoms with Crippen molar-refractivity contribution in [3.63, 3.8) is 0 Å². The van der Waals surface area contributed by atoms with E-state index in [2.05, 4.69) is 20.2 Å². The van der Waals surface area contributed by atoms with E-state index in [4.69, 9.17) is 11.6 Å². The molecule has 0 aromatic carbocycles. The van der Waals surface area contributed by atoms with E-state index in [-0.39, 0.29) is 10.7 Å². The van der Waals surface area contributed by atoms with Gasteiger partial charge in [-0.3, -0.25) is 4.79 Å². The minimum atomic E-state index is 0.139. The summed E-state index contributed by atoms with van der Waals surface area (Å²) in [6.07, 6.45) is 1.95. The Hall–Kier alpha value is -1.25. The Morgan fingerprint density at radius 3 is 2.78 bits per heavy atom. The van der Waals surface area contributed by atoms with Gasteiger partial charge in [0.1, 0.15) is 16.5 Å². The standard InChI is InChI=1S/C9H8ClN5OS2/c1-15(2)8-13-14-9(18-8)17-7-5(3-16)6(10)11-4-12-7/h3-4H,1-2H3. The van der Waals surface area contributed by atoms with Crippen LogP contribution in [0.3, 0.4) is 0 Å². The average Bonchev–Trinajstić information content (AvgIpc) is 2.78. The molecule has 0 unspecified atom stereocenters. The monoisotopic (exact) mass is 301 g/mol. The molecule has 0 spiro atoms. The fraction of sp³-hybridized carbons (Fsp3) is 0.222. The molecule has 2 aromatic heterocycles. The van der Waals surface area contributed by atoms with Crippen LogP contribution in [0.4, 0.5) is 5.13 Å². The number of rotatable bonds is 4. The molecule has 18 heavy (non-hydrogen) atoms. The minimum absolute atomic E-state index is 0.139. The predicted molar refractivity (Wildman–Crippen MR) is 70.8 cm³/mol. The molecule has 0 aliphatic heterocycles. The van der Waals surface area contributed by atoms with Crippen LogP contribution >= 0.6 is 34.7 Å². The first-order valence-electron chi connectivity index (χ1n) is 4.76. The van der Waals surface area contributed by atoms with Crippen LogP contribution < -0.4 is 4.90 Å². The van der Waals surface area contributed by atoms with Gasteiger partial charge in [-0.15, -0.1) is 10.2 Å². The summed E-state index contributed by atoms with van der Waals surface area (Å²) in [7, 11) is 3.76. The van der Waals surface area contributed by atoms with E-state index in [1.807, 2.05) is 19.0 Å². The molecule has 6 nitrogen and oxygen atoms in total. The van der Waals surface area contributed by atoms with Gasteiger partial charge in [-0.2, -0.15) is 0 Å². The smallest absolute Gasteiger partial charge is 0.208 e. The lowest BCUT2D eigenvalue weighted by atomic mass is 10.4. The number of aromatic nitrogens is 4.